The Hall–Kier alpha value is -5.71. The highest BCUT2D eigenvalue weighted by Gasteiger charge is 2.37. The highest BCUT2D eigenvalue weighted by molar-refractivity contribution is 6.35. The van der Waals surface area contributed by atoms with E-state index in [9.17, 15) is 4.79 Å². The summed E-state index contributed by atoms with van der Waals surface area (Å²) in [6, 6.07) is 20.9. The first-order valence-corrected chi connectivity index (χ1v) is 19.4. The molecule has 284 valence electrons. The van der Waals surface area contributed by atoms with Crippen LogP contribution in [-0.2, 0) is 13.0 Å². The topological polar surface area (TPSA) is 121 Å². The molecule has 56 heavy (non-hydrogen) atoms. The molecule has 0 saturated heterocycles. The fourth-order valence-corrected chi connectivity index (χ4v) is 8.66. The lowest BCUT2D eigenvalue weighted by molar-refractivity contribution is 0.0956. The third-order valence-corrected chi connectivity index (χ3v) is 11.7. The molecule has 5 heterocycles. The number of carbonyl (C=O) groups excluding carboxylic acids is 2. The van der Waals surface area contributed by atoms with Gasteiger partial charge < -0.3 is 24.5 Å². The molecule has 0 fully saturated rings. The number of primary amides is 1. The van der Waals surface area contributed by atoms with Crippen molar-refractivity contribution in [3.05, 3.63) is 134 Å². The Balaban J connectivity index is 1.28. The van der Waals surface area contributed by atoms with Gasteiger partial charge in [-0.25, -0.2) is 9.97 Å². The van der Waals surface area contributed by atoms with Gasteiger partial charge >= 0.3 is 0 Å². The lowest BCUT2D eigenvalue weighted by Crippen LogP contribution is -2.43. The van der Waals surface area contributed by atoms with Gasteiger partial charge in [0.05, 0.1) is 40.6 Å². The van der Waals surface area contributed by atoms with Crippen LogP contribution in [0.1, 0.15) is 74.1 Å². The number of hydrogen-bond donors (Lipinski definition) is 1. The predicted octanol–water partition coefficient (Wildman–Crippen LogP) is 9.37. The molecule has 0 radical (unpaired) electrons. The Kier molecular flexibility index (Phi) is 9.80. The van der Waals surface area contributed by atoms with Crippen molar-refractivity contribution in [2.24, 2.45) is 5.73 Å². The highest BCUT2D eigenvalue weighted by atomic mass is 35.5. The van der Waals surface area contributed by atoms with Crippen LogP contribution in [0.5, 0.6) is 5.75 Å². The van der Waals surface area contributed by atoms with E-state index >= 15 is 4.79 Å². The molecule has 2 N–H and O–H groups in total. The lowest BCUT2D eigenvalue weighted by Gasteiger charge is -2.35. The quantitative estimate of drug-likeness (QED) is 0.138. The molecule has 1 aliphatic rings. The number of ether oxygens (including phenoxy) is 1. The van der Waals surface area contributed by atoms with Crippen LogP contribution in [-0.4, -0.2) is 49.1 Å². The van der Waals surface area contributed by atoms with E-state index in [0.29, 0.717) is 54.6 Å². The number of aryl methyl sites for hydroxylation is 5. The summed E-state index contributed by atoms with van der Waals surface area (Å²) >= 11 is 13.5. The van der Waals surface area contributed by atoms with Crippen molar-refractivity contribution in [2.45, 2.75) is 60.0 Å². The van der Waals surface area contributed by atoms with Crippen LogP contribution in [0.3, 0.4) is 0 Å². The minimum atomic E-state index is -0.560. The Labute approximate surface area is 334 Å². The summed E-state index contributed by atoms with van der Waals surface area (Å²) < 4.78 is 10.3. The van der Waals surface area contributed by atoms with Crippen LogP contribution in [0.25, 0.3) is 32.9 Å². The maximum atomic E-state index is 15.3. The highest BCUT2D eigenvalue weighted by Crippen LogP contribution is 2.45. The molecular weight excluding hydrogens is 745 g/mol. The third-order valence-electron chi connectivity index (χ3n) is 10.8. The first kappa shape index (κ1) is 37.2. The van der Waals surface area contributed by atoms with Gasteiger partial charge in [0.15, 0.2) is 0 Å². The Morgan fingerprint density at radius 1 is 0.911 bits per heavy atom. The van der Waals surface area contributed by atoms with E-state index in [-0.39, 0.29) is 11.9 Å². The van der Waals surface area contributed by atoms with Crippen molar-refractivity contribution in [1.29, 1.82) is 0 Å². The van der Waals surface area contributed by atoms with Gasteiger partial charge in [0.25, 0.3) is 11.8 Å². The van der Waals surface area contributed by atoms with Crippen LogP contribution < -0.4 is 15.4 Å². The number of rotatable bonds is 10. The molecule has 0 aliphatic carbocycles. The lowest BCUT2D eigenvalue weighted by atomic mass is 9.97. The van der Waals surface area contributed by atoms with Gasteiger partial charge in [-0.2, -0.15) is 0 Å². The van der Waals surface area contributed by atoms with E-state index in [0.717, 1.165) is 77.5 Å². The zero-order chi connectivity index (χ0) is 39.4. The number of nitrogens with two attached hydrogens (primary N) is 1. The van der Waals surface area contributed by atoms with Crippen LogP contribution in [0, 0.1) is 27.7 Å². The number of halogens is 2. The maximum Gasteiger partial charge on any atom is 0.275 e. The molecule has 4 aromatic heterocycles. The molecule has 0 unspecified atom stereocenters. The number of benzene rings is 3. The normalized spacial score (nSPS) is 14.2. The molecule has 2 amide bonds. The molecule has 0 saturated carbocycles. The number of anilines is 1. The number of aromatic nitrogens is 5. The average Bonchev–Trinajstić information content (AvgIpc) is 3.71. The van der Waals surface area contributed by atoms with Crippen molar-refractivity contribution in [2.75, 3.05) is 18.1 Å². The van der Waals surface area contributed by atoms with Crippen LogP contribution >= 0.6 is 23.2 Å². The molecule has 12 heteroatoms. The van der Waals surface area contributed by atoms with Crippen molar-refractivity contribution in [1.82, 2.24) is 24.1 Å². The summed E-state index contributed by atoms with van der Waals surface area (Å²) in [5.74, 6) is 0.0397. The second-order valence-corrected chi connectivity index (χ2v) is 15.3. The van der Waals surface area contributed by atoms with E-state index in [2.05, 4.69) is 26.4 Å². The Morgan fingerprint density at radius 2 is 1.66 bits per heavy atom. The second-order valence-electron chi connectivity index (χ2n) is 14.5. The third kappa shape index (κ3) is 6.36. The smallest absolute Gasteiger partial charge is 0.275 e. The Morgan fingerprint density at radius 3 is 2.36 bits per heavy atom. The number of hydrogen-bond acceptors (Lipinski definition) is 6. The van der Waals surface area contributed by atoms with Crippen LogP contribution in [0.2, 0.25) is 10.0 Å². The summed E-state index contributed by atoms with van der Waals surface area (Å²) in [5.41, 5.74) is 16.0. The summed E-state index contributed by atoms with van der Waals surface area (Å²) in [6.07, 6.45) is 4.48. The average molecular weight is 787 g/mol. The number of para-hydroxylation sites is 1. The number of fused-ring (bicyclic) bond motifs is 4. The van der Waals surface area contributed by atoms with Crippen molar-refractivity contribution < 1.29 is 14.3 Å². The minimum Gasteiger partial charge on any atom is -0.494 e. The molecule has 0 bridgehead atoms. The Bertz CT molecular complexity index is 2660. The number of pyridine rings is 1. The van der Waals surface area contributed by atoms with E-state index < -0.39 is 5.91 Å². The van der Waals surface area contributed by atoms with Gasteiger partial charge in [0, 0.05) is 57.1 Å². The fraction of sp³-hybridized carbons (Fsp3) is 0.250. The number of amides is 2. The van der Waals surface area contributed by atoms with Crippen molar-refractivity contribution >= 4 is 62.5 Å². The zero-order valence-corrected chi connectivity index (χ0v) is 33.4. The van der Waals surface area contributed by atoms with E-state index in [1.807, 2.05) is 97.8 Å². The molecule has 3 aromatic carbocycles. The van der Waals surface area contributed by atoms with Gasteiger partial charge in [-0.05, 0) is 107 Å². The molecule has 7 aromatic rings. The second kappa shape index (κ2) is 14.7. The first-order chi connectivity index (χ1) is 26.9. The van der Waals surface area contributed by atoms with E-state index in [1.54, 1.807) is 18.6 Å². The number of carbonyl (C=O) groups is 2. The van der Waals surface area contributed by atoms with Gasteiger partial charge in [-0.3, -0.25) is 14.6 Å². The zero-order valence-electron chi connectivity index (χ0n) is 31.9. The van der Waals surface area contributed by atoms with Gasteiger partial charge in [0.1, 0.15) is 23.5 Å². The van der Waals surface area contributed by atoms with E-state index in [4.69, 9.17) is 33.7 Å². The van der Waals surface area contributed by atoms with E-state index in [1.165, 1.54) is 0 Å². The SMILES string of the molecule is Cc1cc(OCCCc2c3n(c4c(-c5c(C)ncnc5C)c(Cl)ccc24)[C@H](C)CN(c2cccc4cc(C(N)=O)n(Cc5ccccn5)c24)C3=O)cc(C)c1Cl. The van der Waals surface area contributed by atoms with Crippen LogP contribution in [0.15, 0.2) is 79.3 Å². The molecule has 10 nitrogen and oxygen atoms in total. The number of nitrogens with zero attached hydrogens (tertiary/aromatic N) is 6. The van der Waals surface area contributed by atoms with Gasteiger partial charge in [-0.1, -0.05) is 47.5 Å². The monoisotopic (exact) mass is 785 g/mol. The minimum absolute atomic E-state index is 0.155. The molecular formula is C44H41Cl2N7O3. The molecule has 0 spiro atoms. The van der Waals surface area contributed by atoms with Crippen molar-refractivity contribution in [3.8, 4) is 16.9 Å². The van der Waals surface area contributed by atoms with Crippen LogP contribution in [0.4, 0.5) is 5.69 Å². The summed E-state index contributed by atoms with van der Waals surface area (Å²) in [4.78, 5) is 43.6. The summed E-state index contributed by atoms with van der Waals surface area (Å²) in [6.45, 7) is 11.1. The van der Waals surface area contributed by atoms with Crippen molar-refractivity contribution in [3.63, 3.8) is 0 Å². The van der Waals surface area contributed by atoms with Gasteiger partial charge in [0.2, 0.25) is 0 Å². The standard InChI is InChI=1S/C44H41Cl2N7O3/c1-24-18-31(19-25(2)39(24)46)56-17-9-12-32-33-14-15-34(45)38(37-27(4)49-23-50-28(37)5)41(33)53-26(3)21-52(44(55)42(32)53)35-13-8-10-29-20-36(43(47)54)51(40(29)35)22-30-11-6-7-16-48-30/h6-8,10-11,13-16,18-20,23,26H,9,12,17,21-22H2,1-5H3,(H2,47,54)/t26-/m1/s1. The molecule has 1 aliphatic heterocycles. The van der Waals surface area contributed by atoms with Gasteiger partial charge in [-0.15, -0.1) is 0 Å². The largest absolute Gasteiger partial charge is 0.494 e. The molecule has 8 rings (SSSR count). The summed E-state index contributed by atoms with van der Waals surface area (Å²) in [7, 11) is 0. The fourth-order valence-electron chi connectivity index (χ4n) is 8.30. The first-order valence-electron chi connectivity index (χ1n) is 18.6. The molecule has 1 atom stereocenters. The summed E-state index contributed by atoms with van der Waals surface area (Å²) in [5, 5.41) is 3.03. The predicted molar refractivity (Wildman–Crippen MR) is 222 cm³/mol. The maximum absolute atomic E-state index is 15.3.